The summed E-state index contributed by atoms with van der Waals surface area (Å²) in [6.07, 6.45) is 4.62. The van der Waals surface area contributed by atoms with Crippen LogP contribution in [0, 0.1) is 18.6 Å². The highest BCUT2D eigenvalue weighted by Gasteiger charge is 2.21. The smallest absolute Gasteiger partial charge is 0.254 e. The van der Waals surface area contributed by atoms with Crippen LogP contribution < -0.4 is 5.56 Å². The number of hydrogen-bond acceptors (Lipinski definition) is 2. The average Bonchev–Trinajstić information content (AvgIpc) is 3.31. The first-order valence-electron chi connectivity index (χ1n) is 12.2. The topological polar surface area (TPSA) is 25.2 Å². The number of aromatic nitrogens is 1. The quantitative estimate of drug-likeness (QED) is 0.501. The highest BCUT2D eigenvalue weighted by Crippen LogP contribution is 2.32. The van der Waals surface area contributed by atoms with Gasteiger partial charge in [-0.15, -0.1) is 0 Å². The fourth-order valence-electron chi connectivity index (χ4n) is 5.43. The van der Waals surface area contributed by atoms with Gasteiger partial charge in [-0.3, -0.25) is 4.79 Å². The lowest BCUT2D eigenvalue weighted by atomic mass is 9.88. The third-order valence-electron chi connectivity index (χ3n) is 7.28. The molecule has 176 valence electrons. The molecular weight excluding hydrogens is 430 g/mol. The third kappa shape index (κ3) is 4.62. The normalized spacial score (nSPS) is 16.0. The minimum Gasteiger partial charge on any atom is -0.312 e. The van der Waals surface area contributed by atoms with E-state index in [4.69, 9.17) is 0 Å². The molecule has 3 aromatic rings. The number of benzene rings is 2. The second-order valence-electron chi connectivity index (χ2n) is 9.44. The minimum atomic E-state index is -0.264. The van der Waals surface area contributed by atoms with E-state index in [1.165, 1.54) is 35.5 Å². The summed E-state index contributed by atoms with van der Waals surface area (Å²) in [4.78, 5) is 15.4. The molecule has 3 nitrogen and oxygen atoms in total. The van der Waals surface area contributed by atoms with E-state index in [0.29, 0.717) is 0 Å². The summed E-state index contributed by atoms with van der Waals surface area (Å²) >= 11 is 0. The van der Waals surface area contributed by atoms with Gasteiger partial charge in [-0.25, -0.2) is 8.78 Å². The zero-order valence-electron chi connectivity index (χ0n) is 19.6. The fourth-order valence-corrected chi connectivity index (χ4v) is 5.43. The second kappa shape index (κ2) is 9.67. The van der Waals surface area contributed by atoms with Gasteiger partial charge in [-0.2, -0.15) is 0 Å². The van der Waals surface area contributed by atoms with E-state index >= 15 is 0 Å². The van der Waals surface area contributed by atoms with E-state index in [2.05, 4.69) is 17.9 Å². The van der Waals surface area contributed by atoms with Crippen molar-refractivity contribution in [3.63, 3.8) is 0 Å². The summed E-state index contributed by atoms with van der Waals surface area (Å²) in [5, 5.41) is 0. The zero-order valence-corrected chi connectivity index (χ0v) is 19.6. The number of pyridine rings is 1. The van der Waals surface area contributed by atoms with E-state index in [-0.39, 0.29) is 17.2 Å². The predicted octanol–water partition coefficient (Wildman–Crippen LogP) is 5.52. The fraction of sp³-hybridized carbons (Fsp3) is 0.345. The minimum absolute atomic E-state index is 0.194. The van der Waals surface area contributed by atoms with Crippen molar-refractivity contribution in [2.75, 3.05) is 19.6 Å². The van der Waals surface area contributed by atoms with Crippen molar-refractivity contribution >= 4 is 5.57 Å². The zero-order chi connectivity index (χ0) is 23.7. The highest BCUT2D eigenvalue weighted by molar-refractivity contribution is 5.82. The first-order chi connectivity index (χ1) is 16.5. The largest absolute Gasteiger partial charge is 0.312 e. The molecule has 0 bridgehead atoms. The van der Waals surface area contributed by atoms with Gasteiger partial charge >= 0.3 is 0 Å². The Morgan fingerprint density at radius 2 is 1.44 bits per heavy atom. The van der Waals surface area contributed by atoms with Crippen LogP contribution in [0.3, 0.4) is 0 Å². The number of likely N-dealkylation sites (tertiary alicyclic amines) is 1. The number of piperidine rings is 1. The van der Waals surface area contributed by atoms with Crippen molar-refractivity contribution in [3.05, 3.63) is 110 Å². The van der Waals surface area contributed by atoms with Crippen molar-refractivity contribution in [3.8, 4) is 0 Å². The van der Waals surface area contributed by atoms with Crippen LogP contribution in [0.1, 0.15) is 47.2 Å². The monoisotopic (exact) mass is 460 g/mol. The number of fused-ring (bicyclic) bond motifs is 1. The lowest BCUT2D eigenvalue weighted by molar-refractivity contribution is 0.259. The molecule has 2 aromatic carbocycles. The summed E-state index contributed by atoms with van der Waals surface area (Å²) < 4.78 is 29.1. The molecule has 2 aliphatic rings. The summed E-state index contributed by atoms with van der Waals surface area (Å²) in [5.41, 5.74) is 7.73. The van der Waals surface area contributed by atoms with Crippen molar-refractivity contribution in [1.82, 2.24) is 9.47 Å². The summed E-state index contributed by atoms with van der Waals surface area (Å²) in [7, 11) is 0. The van der Waals surface area contributed by atoms with Gasteiger partial charge in [-0.1, -0.05) is 29.8 Å². The highest BCUT2D eigenvalue weighted by atomic mass is 19.1. The molecule has 3 heterocycles. The van der Waals surface area contributed by atoms with Gasteiger partial charge in [0.2, 0.25) is 0 Å². The lowest BCUT2D eigenvalue weighted by Gasteiger charge is -2.30. The van der Waals surface area contributed by atoms with E-state index in [9.17, 15) is 13.6 Å². The maximum absolute atomic E-state index is 13.6. The molecule has 0 saturated carbocycles. The van der Waals surface area contributed by atoms with Crippen LogP contribution >= 0.6 is 0 Å². The number of halogens is 2. The Bertz CT molecular complexity index is 1220. The number of rotatable bonds is 5. The Hall–Kier alpha value is -3.05. The van der Waals surface area contributed by atoms with Crippen LogP contribution in [-0.2, 0) is 19.4 Å². The Labute approximate surface area is 199 Å². The predicted molar refractivity (Wildman–Crippen MR) is 132 cm³/mol. The molecule has 2 aliphatic heterocycles. The van der Waals surface area contributed by atoms with Crippen LogP contribution in [0.4, 0.5) is 8.78 Å². The van der Waals surface area contributed by atoms with E-state index in [0.717, 1.165) is 86.1 Å². The lowest BCUT2D eigenvalue weighted by Crippen LogP contribution is -2.34. The Kier molecular flexibility index (Phi) is 6.46. The molecule has 1 saturated heterocycles. The van der Waals surface area contributed by atoms with Crippen LogP contribution in [0.5, 0.6) is 0 Å². The molecule has 5 rings (SSSR count). The van der Waals surface area contributed by atoms with Gasteiger partial charge < -0.3 is 9.47 Å². The molecule has 0 amide bonds. The standard InChI is InChI=1S/C29H30F2N2O/c1-20-19-26-3-2-15-33(26)29(34)27(20)14-18-32-16-12-23(13-17-32)28(21-4-8-24(30)9-5-21)22-6-10-25(31)11-7-22/h4-11,19H,2-3,12-18H2,1H3. The van der Waals surface area contributed by atoms with Gasteiger partial charge in [0.05, 0.1) is 0 Å². The maximum Gasteiger partial charge on any atom is 0.254 e. The van der Waals surface area contributed by atoms with Gasteiger partial charge in [-0.05, 0) is 91.6 Å². The number of aryl methyl sites for hydroxylation is 2. The second-order valence-corrected chi connectivity index (χ2v) is 9.44. The Balaban J connectivity index is 1.33. The van der Waals surface area contributed by atoms with Crippen molar-refractivity contribution < 1.29 is 8.78 Å². The van der Waals surface area contributed by atoms with Gasteiger partial charge in [0.1, 0.15) is 11.6 Å². The van der Waals surface area contributed by atoms with Crippen LogP contribution in [0.15, 0.2) is 65.0 Å². The molecule has 0 N–H and O–H groups in total. The van der Waals surface area contributed by atoms with Gasteiger partial charge in [0.15, 0.2) is 0 Å². The van der Waals surface area contributed by atoms with Crippen LogP contribution in [0.2, 0.25) is 0 Å². The molecule has 0 radical (unpaired) electrons. The molecular formula is C29H30F2N2O. The van der Waals surface area contributed by atoms with Gasteiger partial charge in [0.25, 0.3) is 5.56 Å². The van der Waals surface area contributed by atoms with E-state index < -0.39 is 0 Å². The first kappa shape index (κ1) is 22.7. The van der Waals surface area contributed by atoms with Gasteiger partial charge in [0, 0.05) is 37.4 Å². The molecule has 0 aliphatic carbocycles. The molecule has 1 aromatic heterocycles. The Morgan fingerprint density at radius 1 is 0.853 bits per heavy atom. The van der Waals surface area contributed by atoms with Crippen molar-refractivity contribution in [2.45, 2.75) is 45.6 Å². The summed E-state index contributed by atoms with van der Waals surface area (Å²) in [6, 6.07) is 15.3. The van der Waals surface area contributed by atoms with E-state index in [1.807, 2.05) is 4.57 Å². The average molecular weight is 461 g/mol. The SMILES string of the molecule is Cc1cc2n(c(=O)c1CCN1CCC(=C(c3ccc(F)cc3)c3ccc(F)cc3)CC1)CCC2. The molecule has 0 spiro atoms. The molecule has 0 unspecified atom stereocenters. The molecule has 5 heteroatoms. The Morgan fingerprint density at radius 3 is 2.03 bits per heavy atom. The van der Waals surface area contributed by atoms with Crippen LogP contribution in [-0.4, -0.2) is 29.1 Å². The molecule has 0 atom stereocenters. The van der Waals surface area contributed by atoms with Crippen molar-refractivity contribution in [2.24, 2.45) is 0 Å². The molecule has 34 heavy (non-hydrogen) atoms. The summed E-state index contributed by atoms with van der Waals surface area (Å²) in [6.45, 7) is 5.59. The maximum atomic E-state index is 13.6. The van der Waals surface area contributed by atoms with E-state index in [1.54, 1.807) is 24.3 Å². The van der Waals surface area contributed by atoms with Crippen molar-refractivity contribution in [1.29, 1.82) is 0 Å². The summed E-state index contributed by atoms with van der Waals surface area (Å²) in [5.74, 6) is -0.528. The molecule has 1 fully saturated rings. The first-order valence-corrected chi connectivity index (χ1v) is 12.2. The number of nitrogens with zero attached hydrogens (tertiary/aromatic N) is 2. The third-order valence-corrected chi connectivity index (χ3v) is 7.28. The van der Waals surface area contributed by atoms with Crippen LogP contribution in [0.25, 0.3) is 5.57 Å². The number of hydrogen-bond donors (Lipinski definition) is 0.